The number of aryl methyl sites for hydroxylation is 3. The fourth-order valence-electron chi connectivity index (χ4n) is 4.67. The maximum atomic E-state index is 14.0. The molecule has 0 radical (unpaired) electrons. The van der Waals surface area contributed by atoms with Crippen molar-refractivity contribution in [1.82, 2.24) is 9.55 Å². The molecule has 39 heavy (non-hydrogen) atoms. The number of nitrogens with two attached hydrogens (primary N) is 1. The molecule has 2 heterocycles. The molecule has 2 amide bonds. The lowest BCUT2D eigenvalue weighted by molar-refractivity contribution is 0.233. The standard InChI is InChI=1S/C30H35N5O4/c1-4-5-13-35-28-24(11-7-12-32-28)25(21-9-6-10-23(18-21)39-15-8-14-36)27(29(35)37)34-30(38)33-26-19(2)16-22(31)17-20(26)3/h6-7,9-12,16-18,36H,4-5,8,13-15,31H2,1-3H3,(H2,33,34,38). The molecule has 4 aromatic rings. The van der Waals surface area contributed by atoms with Crippen LogP contribution in [0.4, 0.5) is 21.9 Å². The van der Waals surface area contributed by atoms with Gasteiger partial charge in [-0.05, 0) is 73.4 Å². The Bertz CT molecular complexity index is 1520. The lowest BCUT2D eigenvalue weighted by atomic mass is 10.00. The number of aliphatic hydroxyl groups is 1. The molecule has 0 aliphatic rings. The minimum atomic E-state index is -0.537. The monoisotopic (exact) mass is 529 g/mol. The zero-order valence-corrected chi connectivity index (χ0v) is 22.6. The predicted octanol–water partition coefficient (Wildman–Crippen LogP) is 5.47. The molecule has 204 valence electrons. The molecule has 4 rings (SSSR count). The Balaban J connectivity index is 1.85. The zero-order chi connectivity index (χ0) is 27.9. The number of ether oxygens (including phenoxy) is 1. The van der Waals surface area contributed by atoms with Gasteiger partial charge in [-0.15, -0.1) is 0 Å². The second kappa shape index (κ2) is 12.4. The summed E-state index contributed by atoms with van der Waals surface area (Å²) in [5, 5.41) is 15.6. The van der Waals surface area contributed by atoms with Crippen molar-refractivity contribution in [2.24, 2.45) is 0 Å². The first-order valence-electron chi connectivity index (χ1n) is 13.1. The maximum Gasteiger partial charge on any atom is 0.323 e. The molecule has 0 spiro atoms. The smallest absolute Gasteiger partial charge is 0.323 e. The van der Waals surface area contributed by atoms with Crippen molar-refractivity contribution >= 4 is 34.1 Å². The van der Waals surface area contributed by atoms with Crippen molar-refractivity contribution in [3.63, 3.8) is 0 Å². The topological polar surface area (TPSA) is 132 Å². The highest BCUT2D eigenvalue weighted by Crippen LogP contribution is 2.35. The van der Waals surface area contributed by atoms with Gasteiger partial charge in [0.1, 0.15) is 17.1 Å². The van der Waals surface area contributed by atoms with Gasteiger partial charge >= 0.3 is 6.03 Å². The van der Waals surface area contributed by atoms with Gasteiger partial charge in [0.05, 0.1) is 6.61 Å². The summed E-state index contributed by atoms with van der Waals surface area (Å²) in [6, 6.07) is 14.1. The molecule has 2 aromatic carbocycles. The Labute approximate surface area is 227 Å². The molecule has 0 bridgehead atoms. The van der Waals surface area contributed by atoms with E-state index in [4.69, 9.17) is 15.6 Å². The number of nitrogen functional groups attached to an aromatic ring is 1. The minimum Gasteiger partial charge on any atom is -0.493 e. The zero-order valence-electron chi connectivity index (χ0n) is 22.6. The SMILES string of the molecule is CCCCn1c(=O)c(NC(=O)Nc2c(C)cc(N)cc2C)c(-c2cccc(OCCCO)c2)c2cccnc21. The third kappa shape index (κ3) is 6.21. The van der Waals surface area contributed by atoms with Crippen molar-refractivity contribution in [1.29, 1.82) is 0 Å². The molecule has 9 heteroatoms. The molecule has 9 nitrogen and oxygen atoms in total. The molecule has 0 saturated carbocycles. The van der Waals surface area contributed by atoms with E-state index in [2.05, 4.69) is 22.5 Å². The van der Waals surface area contributed by atoms with E-state index < -0.39 is 6.03 Å². The lowest BCUT2D eigenvalue weighted by Gasteiger charge is -2.19. The lowest BCUT2D eigenvalue weighted by Crippen LogP contribution is -2.30. The van der Waals surface area contributed by atoms with Gasteiger partial charge in [0, 0.05) is 48.1 Å². The Kier molecular flexibility index (Phi) is 8.83. The first kappa shape index (κ1) is 27.7. The molecular weight excluding hydrogens is 494 g/mol. The summed E-state index contributed by atoms with van der Waals surface area (Å²) in [7, 11) is 0. The van der Waals surface area contributed by atoms with Gasteiger partial charge in [-0.3, -0.25) is 9.36 Å². The minimum absolute atomic E-state index is 0.0299. The number of unbranched alkanes of at least 4 members (excludes halogenated alkanes) is 1. The maximum absolute atomic E-state index is 14.0. The highest BCUT2D eigenvalue weighted by molar-refractivity contribution is 6.07. The molecule has 2 aromatic heterocycles. The average molecular weight is 530 g/mol. The van der Waals surface area contributed by atoms with Crippen LogP contribution in [0.3, 0.4) is 0 Å². The number of hydrogen-bond donors (Lipinski definition) is 4. The van der Waals surface area contributed by atoms with Crippen LogP contribution in [0.25, 0.3) is 22.2 Å². The Morgan fingerprint density at radius 2 is 1.79 bits per heavy atom. The highest BCUT2D eigenvalue weighted by Gasteiger charge is 2.21. The van der Waals surface area contributed by atoms with Crippen LogP contribution in [0.1, 0.15) is 37.3 Å². The second-order valence-electron chi connectivity index (χ2n) is 9.50. The summed E-state index contributed by atoms with van der Waals surface area (Å²) < 4.78 is 7.42. The number of aliphatic hydroxyl groups excluding tert-OH is 1. The van der Waals surface area contributed by atoms with E-state index in [1.807, 2.05) is 50.2 Å². The molecule has 0 fully saturated rings. The number of fused-ring (bicyclic) bond motifs is 1. The molecule has 0 atom stereocenters. The number of amides is 2. The average Bonchev–Trinajstić information content (AvgIpc) is 2.91. The van der Waals surface area contributed by atoms with Crippen molar-refractivity contribution < 1.29 is 14.6 Å². The van der Waals surface area contributed by atoms with Crippen molar-refractivity contribution in [3.8, 4) is 16.9 Å². The van der Waals surface area contributed by atoms with E-state index in [0.29, 0.717) is 53.5 Å². The number of carbonyl (C=O) groups is 1. The number of nitrogens with zero attached hydrogens (tertiary/aromatic N) is 2. The highest BCUT2D eigenvalue weighted by atomic mass is 16.5. The van der Waals surface area contributed by atoms with Crippen molar-refractivity contribution in [3.05, 3.63) is 76.2 Å². The molecule has 0 unspecified atom stereocenters. The van der Waals surface area contributed by atoms with Crippen LogP contribution in [-0.4, -0.2) is 33.9 Å². The van der Waals surface area contributed by atoms with Gasteiger partial charge in [0.25, 0.3) is 5.56 Å². The molecule has 0 aliphatic heterocycles. The number of hydrogen-bond acceptors (Lipinski definition) is 6. The molecule has 0 saturated heterocycles. The van der Waals surface area contributed by atoms with Crippen LogP contribution >= 0.6 is 0 Å². The summed E-state index contributed by atoms with van der Waals surface area (Å²) in [5.41, 5.74) is 10.5. The Morgan fingerprint density at radius 1 is 1.05 bits per heavy atom. The number of aromatic nitrogens is 2. The quantitative estimate of drug-likeness (QED) is 0.159. The summed E-state index contributed by atoms with van der Waals surface area (Å²) in [6.07, 6.45) is 3.85. The number of urea groups is 1. The summed E-state index contributed by atoms with van der Waals surface area (Å²) in [6.45, 7) is 6.65. The second-order valence-corrected chi connectivity index (χ2v) is 9.50. The Morgan fingerprint density at radius 3 is 2.51 bits per heavy atom. The number of nitrogens with one attached hydrogen (secondary N) is 2. The van der Waals surface area contributed by atoms with Crippen LogP contribution in [0.5, 0.6) is 5.75 Å². The van der Waals surface area contributed by atoms with Crippen molar-refractivity contribution in [2.45, 2.75) is 46.6 Å². The summed E-state index contributed by atoms with van der Waals surface area (Å²) in [5.74, 6) is 0.594. The first-order chi connectivity index (χ1) is 18.8. The number of anilines is 3. The fraction of sp³-hybridized carbons (Fsp3) is 0.300. The van der Waals surface area contributed by atoms with Gasteiger partial charge in [-0.2, -0.15) is 0 Å². The largest absolute Gasteiger partial charge is 0.493 e. The first-order valence-corrected chi connectivity index (χ1v) is 13.1. The van der Waals surface area contributed by atoms with Gasteiger partial charge < -0.3 is 26.2 Å². The summed E-state index contributed by atoms with van der Waals surface area (Å²) in [4.78, 5) is 31.8. The third-order valence-corrected chi connectivity index (χ3v) is 6.48. The van der Waals surface area contributed by atoms with E-state index >= 15 is 0 Å². The molecule has 0 aliphatic carbocycles. The summed E-state index contributed by atoms with van der Waals surface area (Å²) >= 11 is 0. The van der Waals surface area contributed by atoms with Gasteiger partial charge in [-0.25, -0.2) is 9.78 Å². The number of rotatable bonds is 10. The van der Waals surface area contributed by atoms with Crippen LogP contribution < -0.4 is 26.7 Å². The van der Waals surface area contributed by atoms with Crippen LogP contribution in [-0.2, 0) is 6.54 Å². The van der Waals surface area contributed by atoms with E-state index in [1.54, 1.807) is 22.9 Å². The van der Waals surface area contributed by atoms with E-state index in [1.165, 1.54) is 0 Å². The number of carbonyl (C=O) groups excluding carboxylic acids is 1. The number of benzene rings is 2. The number of pyridine rings is 2. The van der Waals surface area contributed by atoms with E-state index in [-0.39, 0.29) is 17.9 Å². The van der Waals surface area contributed by atoms with Crippen molar-refractivity contribution in [2.75, 3.05) is 29.6 Å². The van der Waals surface area contributed by atoms with Crippen LogP contribution in [0.15, 0.2) is 59.5 Å². The van der Waals surface area contributed by atoms with Gasteiger partial charge in [0.2, 0.25) is 0 Å². The van der Waals surface area contributed by atoms with Crippen LogP contribution in [0, 0.1) is 13.8 Å². The fourth-order valence-corrected chi connectivity index (χ4v) is 4.67. The predicted molar refractivity (Wildman–Crippen MR) is 157 cm³/mol. The van der Waals surface area contributed by atoms with Gasteiger partial charge in [-0.1, -0.05) is 25.5 Å². The normalized spacial score (nSPS) is 11.0. The van der Waals surface area contributed by atoms with E-state index in [9.17, 15) is 9.59 Å². The third-order valence-electron chi connectivity index (χ3n) is 6.48. The van der Waals surface area contributed by atoms with E-state index in [0.717, 1.165) is 29.4 Å². The van der Waals surface area contributed by atoms with Gasteiger partial charge in [0.15, 0.2) is 0 Å². The molecule has 5 N–H and O–H groups in total. The molecular formula is C30H35N5O4. The Hall–Kier alpha value is -4.37. The van der Waals surface area contributed by atoms with Crippen LogP contribution in [0.2, 0.25) is 0 Å².